The molecule has 0 saturated heterocycles. The van der Waals surface area contributed by atoms with Crippen molar-refractivity contribution in [3.8, 4) is 0 Å². The molecular weight excluding hydrogens is 192 g/mol. The van der Waals surface area contributed by atoms with Crippen LogP contribution in [0.3, 0.4) is 0 Å². The molecule has 0 aromatic heterocycles. The average Bonchev–Trinajstić information content (AvgIpc) is 2.29. The van der Waals surface area contributed by atoms with E-state index in [1.54, 1.807) is 0 Å². The Morgan fingerprint density at radius 3 is 2.67 bits per heavy atom. The Hall–Kier alpha value is -1.61. The van der Waals surface area contributed by atoms with Crippen molar-refractivity contribution in [1.29, 1.82) is 0 Å². The largest absolute Gasteiger partial charge is 0.460 e. The Balaban J connectivity index is 2.07. The van der Waals surface area contributed by atoms with Gasteiger partial charge in [0.05, 0.1) is 13.2 Å². The number of ether oxygens (including phenoxy) is 2. The van der Waals surface area contributed by atoms with Crippen LogP contribution in [0.15, 0.2) is 43.0 Å². The molecule has 0 saturated carbocycles. The SMILES string of the molecule is C=CC(=O)OCCOCc1ccccc1. The van der Waals surface area contributed by atoms with Gasteiger partial charge in [-0.3, -0.25) is 0 Å². The molecule has 0 amide bonds. The predicted octanol–water partition coefficient (Wildman–Crippen LogP) is 1.93. The van der Waals surface area contributed by atoms with Gasteiger partial charge in [0.1, 0.15) is 6.61 Å². The summed E-state index contributed by atoms with van der Waals surface area (Å²) in [5.74, 6) is -0.418. The number of hydrogen-bond donors (Lipinski definition) is 0. The van der Waals surface area contributed by atoms with E-state index in [1.807, 2.05) is 30.3 Å². The third-order valence-corrected chi connectivity index (χ3v) is 1.75. The van der Waals surface area contributed by atoms with Gasteiger partial charge in [0.15, 0.2) is 0 Å². The van der Waals surface area contributed by atoms with Crippen LogP contribution in [0.1, 0.15) is 5.56 Å². The lowest BCUT2D eigenvalue weighted by Crippen LogP contribution is -2.08. The topological polar surface area (TPSA) is 35.5 Å². The van der Waals surface area contributed by atoms with Crippen molar-refractivity contribution >= 4 is 5.97 Å². The fraction of sp³-hybridized carbons (Fsp3) is 0.250. The molecule has 1 aromatic carbocycles. The zero-order valence-electron chi connectivity index (χ0n) is 8.52. The second-order valence-electron chi connectivity index (χ2n) is 2.91. The van der Waals surface area contributed by atoms with Gasteiger partial charge in [0, 0.05) is 6.08 Å². The van der Waals surface area contributed by atoms with Crippen LogP contribution in [-0.2, 0) is 20.9 Å². The first kappa shape index (κ1) is 11.5. The third kappa shape index (κ3) is 4.98. The molecule has 0 N–H and O–H groups in total. The fourth-order valence-electron chi connectivity index (χ4n) is 1.02. The molecule has 3 nitrogen and oxygen atoms in total. The van der Waals surface area contributed by atoms with Crippen LogP contribution >= 0.6 is 0 Å². The maximum atomic E-state index is 10.6. The molecule has 0 unspecified atom stereocenters. The first-order valence-corrected chi connectivity index (χ1v) is 4.74. The van der Waals surface area contributed by atoms with Crippen molar-refractivity contribution in [2.45, 2.75) is 6.61 Å². The smallest absolute Gasteiger partial charge is 0.330 e. The van der Waals surface area contributed by atoms with Gasteiger partial charge in [0.25, 0.3) is 0 Å². The highest BCUT2D eigenvalue weighted by molar-refractivity contribution is 5.81. The van der Waals surface area contributed by atoms with E-state index in [1.165, 1.54) is 0 Å². The number of hydrogen-bond acceptors (Lipinski definition) is 3. The molecule has 0 spiro atoms. The highest BCUT2D eigenvalue weighted by Crippen LogP contribution is 1.99. The summed E-state index contributed by atoms with van der Waals surface area (Å²) < 4.78 is 10.1. The van der Waals surface area contributed by atoms with Crippen LogP contribution in [-0.4, -0.2) is 19.2 Å². The van der Waals surface area contributed by atoms with Crippen LogP contribution < -0.4 is 0 Å². The van der Waals surface area contributed by atoms with E-state index in [2.05, 4.69) is 6.58 Å². The number of benzene rings is 1. The second-order valence-corrected chi connectivity index (χ2v) is 2.91. The quantitative estimate of drug-likeness (QED) is 0.405. The van der Waals surface area contributed by atoms with Gasteiger partial charge in [-0.1, -0.05) is 36.9 Å². The third-order valence-electron chi connectivity index (χ3n) is 1.75. The van der Waals surface area contributed by atoms with E-state index >= 15 is 0 Å². The van der Waals surface area contributed by atoms with Gasteiger partial charge in [-0.05, 0) is 5.56 Å². The molecule has 0 aliphatic carbocycles. The molecule has 80 valence electrons. The molecule has 1 aromatic rings. The van der Waals surface area contributed by atoms with Crippen molar-refractivity contribution in [3.63, 3.8) is 0 Å². The molecule has 0 atom stereocenters. The van der Waals surface area contributed by atoms with Crippen molar-refractivity contribution in [2.75, 3.05) is 13.2 Å². The number of carbonyl (C=O) groups is 1. The Morgan fingerprint density at radius 1 is 1.27 bits per heavy atom. The molecule has 0 heterocycles. The molecule has 0 fully saturated rings. The molecule has 15 heavy (non-hydrogen) atoms. The fourth-order valence-corrected chi connectivity index (χ4v) is 1.02. The summed E-state index contributed by atoms with van der Waals surface area (Å²) in [4.78, 5) is 10.6. The van der Waals surface area contributed by atoms with Gasteiger partial charge in [0.2, 0.25) is 0 Å². The maximum absolute atomic E-state index is 10.6. The Morgan fingerprint density at radius 2 is 2.00 bits per heavy atom. The molecule has 0 aliphatic heterocycles. The monoisotopic (exact) mass is 206 g/mol. The lowest BCUT2D eigenvalue weighted by Gasteiger charge is -2.04. The van der Waals surface area contributed by atoms with Gasteiger partial charge >= 0.3 is 5.97 Å². The summed E-state index contributed by atoms with van der Waals surface area (Å²) in [5, 5.41) is 0. The summed E-state index contributed by atoms with van der Waals surface area (Å²) >= 11 is 0. The van der Waals surface area contributed by atoms with Gasteiger partial charge in [-0.25, -0.2) is 4.79 Å². The molecule has 3 heteroatoms. The Kier molecular flexibility index (Phi) is 5.19. The zero-order chi connectivity index (χ0) is 10.9. The highest BCUT2D eigenvalue weighted by atomic mass is 16.6. The van der Waals surface area contributed by atoms with Crippen molar-refractivity contribution in [1.82, 2.24) is 0 Å². The van der Waals surface area contributed by atoms with Crippen LogP contribution in [0.5, 0.6) is 0 Å². The zero-order valence-corrected chi connectivity index (χ0v) is 8.52. The Labute approximate surface area is 89.3 Å². The van der Waals surface area contributed by atoms with Gasteiger partial charge in [-0.2, -0.15) is 0 Å². The molecule has 1 rings (SSSR count). The van der Waals surface area contributed by atoms with Gasteiger partial charge in [-0.15, -0.1) is 0 Å². The normalized spacial score (nSPS) is 9.60. The lowest BCUT2D eigenvalue weighted by atomic mass is 10.2. The first-order valence-electron chi connectivity index (χ1n) is 4.74. The van der Waals surface area contributed by atoms with Crippen molar-refractivity contribution in [2.24, 2.45) is 0 Å². The molecular formula is C12H14O3. The number of esters is 1. The lowest BCUT2D eigenvalue weighted by molar-refractivity contribution is -0.139. The van der Waals surface area contributed by atoms with Gasteiger partial charge < -0.3 is 9.47 Å². The van der Waals surface area contributed by atoms with Crippen molar-refractivity contribution in [3.05, 3.63) is 48.6 Å². The summed E-state index contributed by atoms with van der Waals surface area (Å²) in [6.45, 7) is 4.48. The van der Waals surface area contributed by atoms with E-state index in [4.69, 9.17) is 9.47 Å². The molecule has 0 aliphatic rings. The van der Waals surface area contributed by atoms with Crippen LogP contribution in [0, 0.1) is 0 Å². The minimum Gasteiger partial charge on any atom is -0.460 e. The summed E-state index contributed by atoms with van der Waals surface area (Å²) in [7, 11) is 0. The molecule has 0 bridgehead atoms. The standard InChI is InChI=1S/C12H14O3/c1-2-12(13)15-9-8-14-10-11-6-4-3-5-7-11/h2-7H,1,8-10H2. The minimum absolute atomic E-state index is 0.262. The highest BCUT2D eigenvalue weighted by Gasteiger charge is 1.95. The first-order chi connectivity index (χ1) is 7.33. The van der Waals surface area contributed by atoms with E-state index in [0.29, 0.717) is 13.2 Å². The predicted molar refractivity (Wildman–Crippen MR) is 57.3 cm³/mol. The summed E-state index contributed by atoms with van der Waals surface area (Å²) in [6.07, 6.45) is 1.14. The van der Waals surface area contributed by atoms with Crippen LogP contribution in [0.2, 0.25) is 0 Å². The number of carbonyl (C=O) groups excluding carboxylic acids is 1. The van der Waals surface area contributed by atoms with Crippen LogP contribution in [0.25, 0.3) is 0 Å². The second kappa shape index (κ2) is 6.79. The van der Waals surface area contributed by atoms with E-state index in [0.717, 1.165) is 11.6 Å². The van der Waals surface area contributed by atoms with Crippen molar-refractivity contribution < 1.29 is 14.3 Å². The summed E-state index contributed by atoms with van der Waals surface area (Å²) in [6, 6.07) is 9.83. The van der Waals surface area contributed by atoms with E-state index in [9.17, 15) is 4.79 Å². The van der Waals surface area contributed by atoms with E-state index < -0.39 is 5.97 Å². The summed E-state index contributed by atoms with van der Waals surface area (Å²) in [5.41, 5.74) is 1.10. The molecule has 0 radical (unpaired) electrons. The van der Waals surface area contributed by atoms with Crippen LogP contribution in [0.4, 0.5) is 0 Å². The maximum Gasteiger partial charge on any atom is 0.330 e. The minimum atomic E-state index is -0.418. The Bertz CT molecular complexity index is 306. The number of rotatable bonds is 6. The van der Waals surface area contributed by atoms with E-state index in [-0.39, 0.29) is 6.61 Å². The average molecular weight is 206 g/mol.